The summed E-state index contributed by atoms with van der Waals surface area (Å²) >= 11 is 13.2. The molecule has 0 saturated heterocycles. The summed E-state index contributed by atoms with van der Waals surface area (Å²) in [5.41, 5.74) is 2.23. The van der Waals surface area contributed by atoms with E-state index in [4.69, 9.17) is 23.2 Å². The predicted octanol–water partition coefficient (Wildman–Crippen LogP) is 4.72. The number of thiophene rings is 1. The van der Waals surface area contributed by atoms with E-state index in [0.29, 0.717) is 0 Å². The van der Waals surface area contributed by atoms with Crippen molar-refractivity contribution in [3.8, 4) is 11.1 Å². The first kappa shape index (κ1) is 9.07. The Bertz CT molecular complexity index is 420. The van der Waals surface area contributed by atoms with Crippen LogP contribution in [0.25, 0.3) is 11.1 Å². The van der Waals surface area contributed by atoms with Crippen molar-refractivity contribution in [3.05, 3.63) is 45.1 Å². The lowest BCUT2D eigenvalue weighted by Crippen LogP contribution is -1.71. The molecule has 0 bridgehead atoms. The van der Waals surface area contributed by atoms with Crippen LogP contribution in [0.1, 0.15) is 0 Å². The summed E-state index contributed by atoms with van der Waals surface area (Å²) in [6.07, 6.45) is 0. The first-order valence-corrected chi connectivity index (χ1v) is 5.39. The third-order valence-corrected chi connectivity index (χ3v) is 3.05. The highest BCUT2D eigenvalue weighted by Gasteiger charge is 2.00. The summed E-state index contributed by atoms with van der Waals surface area (Å²) in [4.78, 5) is 0. The molecule has 1 aromatic heterocycles. The molecule has 66 valence electrons. The normalized spacial score (nSPS) is 10.3. The molecular weight excluding hydrogens is 223 g/mol. The molecular formula is C10H6Cl2S. The Kier molecular flexibility index (Phi) is 2.58. The first-order valence-electron chi connectivity index (χ1n) is 3.76. The number of rotatable bonds is 1. The number of hydrogen-bond acceptors (Lipinski definition) is 1. The van der Waals surface area contributed by atoms with Crippen LogP contribution in [0.15, 0.2) is 35.7 Å². The molecule has 2 aromatic rings. The summed E-state index contributed by atoms with van der Waals surface area (Å²) in [7, 11) is 0. The summed E-state index contributed by atoms with van der Waals surface area (Å²) in [6, 6.07) is 9.68. The Labute approximate surface area is 90.7 Å². The summed E-state index contributed by atoms with van der Waals surface area (Å²) in [5, 5.41) is 2.77. The van der Waals surface area contributed by atoms with Crippen LogP contribution in [0, 0.1) is 0 Å². The monoisotopic (exact) mass is 228 g/mol. The van der Waals surface area contributed by atoms with Crippen LogP contribution in [-0.4, -0.2) is 0 Å². The van der Waals surface area contributed by atoms with Crippen molar-refractivity contribution in [1.82, 2.24) is 0 Å². The molecule has 0 spiro atoms. The molecule has 0 N–H and O–H groups in total. The van der Waals surface area contributed by atoms with Crippen LogP contribution in [0.3, 0.4) is 0 Å². The van der Waals surface area contributed by atoms with Gasteiger partial charge in [-0.15, -0.1) is 11.3 Å². The van der Waals surface area contributed by atoms with Gasteiger partial charge in [-0.3, -0.25) is 0 Å². The van der Waals surface area contributed by atoms with E-state index in [9.17, 15) is 0 Å². The van der Waals surface area contributed by atoms with Gasteiger partial charge in [0, 0.05) is 10.4 Å². The number of halogens is 2. The van der Waals surface area contributed by atoms with Crippen LogP contribution >= 0.6 is 34.5 Å². The van der Waals surface area contributed by atoms with Crippen molar-refractivity contribution in [2.24, 2.45) is 0 Å². The van der Waals surface area contributed by atoms with Crippen molar-refractivity contribution in [1.29, 1.82) is 0 Å². The molecule has 0 saturated carbocycles. The minimum atomic E-state index is 0.750. The van der Waals surface area contributed by atoms with E-state index in [2.05, 4.69) is 0 Å². The molecule has 0 aliphatic rings. The van der Waals surface area contributed by atoms with Crippen LogP contribution in [-0.2, 0) is 0 Å². The SMILES string of the molecule is Clc1cccc(-c2csc(Cl)c2)c1. The second-order valence-electron chi connectivity index (χ2n) is 2.65. The van der Waals surface area contributed by atoms with E-state index in [1.165, 1.54) is 11.3 Å². The molecule has 0 amide bonds. The van der Waals surface area contributed by atoms with Crippen molar-refractivity contribution >= 4 is 34.5 Å². The van der Waals surface area contributed by atoms with Gasteiger partial charge in [-0.25, -0.2) is 0 Å². The van der Waals surface area contributed by atoms with Gasteiger partial charge in [0.1, 0.15) is 0 Å². The van der Waals surface area contributed by atoms with E-state index in [1.54, 1.807) is 0 Å². The maximum atomic E-state index is 5.87. The summed E-state index contributed by atoms with van der Waals surface area (Å²) < 4.78 is 0.801. The van der Waals surface area contributed by atoms with E-state index in [1.807, 2.05) is 35.7 Å². The molecule has 0 aliphatic heterocycles. The lowest BCUT2D eigenvalue weighted by Gasteiger charge is -1.96. The fourth-order valence-electron chi connectivity index (χ4n) is 1.13. The zero-order valence-electron chi connectivity index (χ0n) is 6.63. The van der Waals surface area contributed by atoms with Gasteiger partial charge in [-0.1, -0.05) is 35.3 Å². The minimum absolute atomic E-state index is 0.750. The quantitative estimate of drug-likeness (QED) is 0.663. The molecule has 3 heteroatoms. The Morgan fingerprint density at radius 2 is 1.85 bits per heavy atom. The molecule has 0 unspecified atom stereocenters. The van der Waals surface area contributed by atoms with Gasteiger partial charge in [0.25, 0.3) is 0 Å². The smallest absolute Gasteiger partial charge is 0.0934 e. The van der Waals surface area contributed by atoms with Gasteiger partial charge < -0.3 is 0 Å². The topological polar surface area (TPSA) is 0 Å². The first-order chi connectivity index (χ1) is 6.25. The molecule has 13 heavy (non-hydrogen) atoms. The second kappa shape index (κ2) is 3.70. The molecule has 0 atom stereocenters. The van der Waals surface area contributed by atoms with Gasteiger partial charge in [0.2, 0.25) is 0 Å². The Hall–Kier alpha value is -0.500. The molecule has 0 radical (unpaired) electrons. The lowest BCUT2D eigenvalue weighted by atomic mass is 10.1. The van der Waals surface area contributed by atoms with Gasteiger partial charge >= 0.3 is 0 Å². The summed E-state index contributed by atoms with van der Waals surface area (Å²) in [5.74, 6) is 0. The van der Waals surface area contributed by atoms with Gasteiger partial charge in [0.15, 0.2) is 0 Å². The lowest BCUT2D eigenvalue weighted by molar-refractivity contribution is 1.67. The van der Waals surface area contributed by atoms with Gasteiger partial charge in [-0.05, 0) is 29.3 Å². The average molecular weight is 229 g/mol. The van der Waals surface area contributed by atoms with Crippen LogP contribution in [0.5, 0.6) is 0 Å². The largest absolute Gasteiger partial charge is 0.131 e. The van der Waals surface area contributed by atoms with Crippen LogP contribution < -0.4 is 0 Å². The van der Waals surface area contributed by atoms with Crippen molar-refractivity contribution in [2.75, 3.05) is 0 Å². The Balaban J connectivity index is 2.46. The van der Waals surface area contributed by atoms with E-state index in [-0.39, 0.29) is 0 Å². The third kappa shape index (κ3) is 2.05. The van der Waals surface area contributed by atoms with E-state index >= 15 is 0 Å². The highest BCUT2D eigenvalue weighted by Crippen LogP contribution is 2.29. The molecule has 1 aromatic carbocycles. The standard InChI is InChI=1S/C10H6Cl2S/c11-9-3-1-2-7(4-9)8-5-10(12)13-6-8/h1-6H. The second-order valence-corrected chi connectivity index (χ2v) is 4.63. The Morgan fingerprint density at radius 3 is 2.46 bits per heavy atom. The molecule has 0 nitrogen and oxygen atoms in total. The minimum Gasteiger partial charge on any atom is -0.131 e. The zero-order chi connectivity index (χ0) is 9.26. The molecule has 0 fully saturated rings. The van der Waals surface area contributed by atoms with Crippen molar-refractivity contribution < 1.29 is 0 Å². The molecule has 2 rings (SSSR count). The zero-order valence-corrected chi connectivity index (χ0v) is 8.96. The van der Waals surface area contributed by atoms with Crippen molar-refractivity contribution in [2.45, 2.75) is 0 Å². The van der Waals surface area contributed by atoms with Crippen LogP contribution in [0.2, 0.25) is 9.36 Å². The van der Waals surface area contributed by atoms with E-state index < -0.39 is 0 Å². The maximum absolute atomic E-state index is 5.87. The third-order valence-electron chi connectivity index (χ3n) is 1.73. The Morgan fingerprint density at radius 1 is 1.00 bits per heavy atom. The van der Waals surface area contributed by atoms with Gasteiger partial charge in [-0.2, -0.15) is 0 Å². The molecule has 0 aliphatic carbocycles. The highest BCUT2D eigenvalue weighted by molar-refractivity contribution is 7.14. The number of benzene rings is 1. The highest BCUT2D eigenvalue weighted by atomic mass is 35.5. The molecule has 1 heterocycles. The average Bonchev–Trinajstić information content (AvgIpc) is 2.52. The van der Waals surface area contributed by atoms with Crippen LogP contribution in [0.4, 0.5) is 0 Å². The predicted molar refractivity (Wildman–Crippen MR) is 59.8 cm³/mol. The van der Waals surface area contributed by atoms with E-state index in [0.717, 1.165) is 20.5 Å². The fourth-order valence-corrected chi connectivity index (χ4v) is 2.21. The summed E-state index contributed by atoms with van der Waals surface area (Å²) in [6.45, 7) is 0. The fraction of sp³-hybridized carbons (Fsp3) is 0. The van der Waals surface area contributed by atoms with Gasteiger partial charge in [0.05, 0.1) is 4.34 Å². The number of hydrogen-bond donors (Lipinski definition) is 0. The van der Waals surface area contributed by atoms with Crippen molar-refractivity contribution in [3.63, 3.8) is 0 Å². The maximum Gasteiger partial charge on any atom is 0.0934 e.